The van der Waals surface area contributed by atoms with Crippen LogP contribution in [0.3, 0.4) is 0 Å². The van der Waals surface area contributed by atoms with Gasteiger partial charge in [-0.2, -0.15) is 0 Å². The molecule has 0 aliphatic rings. The Morgan fingerprint density at radius 2 is 2.27 bits per heavy atom. The van der Waals surface area contributed by atoms with E-state index >= 15 is 0 Å². The molecule has 3 nitrogen and oxygen atoms in total. The Morgan fingerprint density at radius 3 is 2.73 bits per heavy atom. The summed E-state index contributed by atoms with van der Waals surface area (Å²) in [4.78, 5) is 0. The molecule has 0 saturated heterocycles. The highest BCUT2D eigenvalue weighted by molar-refractivity contribution is 4.64. The van der Waals surface area contributed by atoms with Gasteiger partial charge in [-0.05, 0) is 6.92 Å². The van der Waals surface area contributed by atoms with Crippen molar-refractivity contribution in [1.82, 2.24) is 0 Å². The summed E-state index contributed by atoms with van der Waals surface area (Å²) in [6.45, 7) is 6.21. The van der Waals surface area contributed by atoms with Gasteiger partial charge in [-0.15, -0.1) is 6.58 Å². The fourth-order valence-corrected chi connectivity index (χ4v) is 0.672. The number of hydrogen-bond donors (Lipinski definition) is 0. The second kappa shape index (κ2) is 7.72. The van der Waals surface area contributed by atoms with Crippen LogP contribution < -0.4 is 0 Å². The first-order valence-corrected chi connectivity index (χ1v) is 3.77. The van der Waals surface area contributed by atoms with E-state index in [1.54, 1.807) is 6.08 Å². The molecule has 0 spiro atoms. The van der Waals surface area contributed by atoms with Gasteiger partial charge in [0, 0.05) is 13.0 Å². The Hall–Kier alpha value is -0.380. The molecule has 0 heterocycles. The second-order valence-corrected chi connectivity index (χ2v) is 2.00. The average molecular weight is 159 g/mol. The summed E-state index contributed by atoms with van der Waals surface area (Å²) < 4.78 is 10.2. The number of ether oxygens (including phenoxy) is 2. The molecule has 0 rings (SSSR count). The van der Waals surface area contributed by atoms with Gasteiger partial charge >= 0.3 is 0 Å². The molecule has 3 heteroatoms. The molecule has 0 amide bonds. The van der Waals surface area contributed by atoms with Crippen LogP contribution in [0.5, 0.6) is 0 Å². The second-order valence-electron chi connectivity index (χ2n) is 2.00. The van der Waals surface area contributed by atoms with E-state index in [1.807, 2.05) is 6.92 Å². The lowest BCUT2D eigenvalue weighted by atomic mass is 10.4. The Kier molecular flexibility index (Phi) is 7.46. The van der Waals surface area contributed by atoms with Crippen LogP contribution in [0.2, 0.25) is 0 Å². The first-order valence-electron chi connectivity index (χ1n) is 3.77. The predicted molar refractivity (Wildman–Crippen MR) is 41.7 cm³/mol. The van der Waals surface area contributed by atoms with Gasteiger partial charge in [0.15, 0.2) is 6.29 Å². The lowest BCUT2D eigenvalue weighted by Gasteiger charge is -2.14. The fraction of sp³-hybridized carbons (Fsp3) is 0.750. The van der Waals surface area contributed by atoms with E-state index in [4.69, 9.17) is 9.47 Å². The SMILES string of the molecule is C=CCOC(CC[O])OCC. The van der Waals surface area contributed by atoms with E-state index in [0.29, 0.717) is 19.6 Å². The molecule has 0 aliphatic carbocycles. The van der Waals surface area contributed by atoms with Gasteiger partial charge in [-0.25, -0.2) is 5.11 Å². The Labute approximate surface area is 67.6 Å². The van der Waals surface area contributed by atoms with Crippen LogP contribution >= 0.6 is 0 Å². The molecular weight excluding hydrogens is 144 g/mol. The molecule has 1 unspecified atom stereocenters. The first kappa shape index (κ1) is 10.6. The van der Waals surface area contributed by atoms with Crippen molar-refractivity contribution >= 4 is 0 Å². The van der Waals surface area contributed by atoms with Gasteiger partial charge in [0.05, 0.1) is 13.2 Å². The van der Waals surface area contributed by atoms with Crippen molar-refractivity contribution in [1.29, 1.82) is 0 Å². The van der Waals surface area contributed by atoms with Crippen LogP contribution in [0.25, 0.3) is 0 Å². The van der Waals surface area contributed by atoms with Crippen LogP contribution in [0, 0.1) is 0 Å². The zero-order valence-corrected chi connectivity index (χ0v) is 6.91. The van der Waals surface area contributed by atoms with Gasteiger partial charge in [0.1, 0.15) is 0 Å². The van der Waals surface area contributed by atoms with E-state index < -0.39 is 0 Å². The maximum absolute atomic E-state index is 10.2. The van der Waals surface area contributed by atoms with Crippen LogP contribution in [0.15, 0.2) is 12.7 Å². The summed E-state index contributed by atoms with van der Waals surface area (Å²) in [6, 6.07) is 0. The third kappa shape index (κ3) is 6.04. The van der Waals surface area contributed by atoms with Crippen molar-refractivity contribution in [2.75, 3.05) is 19.8 Å². The zero-order chi connectivity index (χ0) is 8.53. The molecule has 0 aliphatic heterocycles. The van der Waals surface area contributed by atoms with Gasteiger partial charge < -0.3 is 9.47 Å². The van der Waals surface area contributed by atoms with Gasteiger partial charge in [-0.1, -0.05) is 6.08 Å². The lowest BCUT2D eigenvalue weighted by Crippen LogP contribution is -2.18. The molecule has 0 bridgehead atoms. The highest BCUT2D eigenvalue weighted by Crippen LogP contribution is 1.99. The summed E-state index contributed by atoms with van der Waals surface area (Å²) >= 11 is 0. The minimum atomic E-state index is -0.351. The van der Waals surface area contributed by atoms with Crippen LogP contribution in [-0.2, 0) is 14.6 Å². The summed E-state index contributed by atoms with van der Waals surface area (Å²) in [5.41, 5.74) is 0. The Bertz CT molecular complexity index is 87.3. The third-order valence-corrected chi connectivity index (χ3v) is 1.11. The molecule has 0 aromatic rings. The minimum Gasteiger partial charge on any atom is -0.353 e. The molecule has 65 valence electrons. The van der Waals surface area contributed by atoms with Gasteiger partial charge in [0.25, 0.3) is 0 Å². The maximum Gasteiger partial charge on any atom is 0.160 e. The minimum absolute atomic E-state index is 0.165. The smallest absolute Gasteiger partial charge is 0.160 e. The van der Waals surface area contributed by atoms with Crippen molar-refractivity contribution in [2.45, 2.75) is 19.6 Å². The number of rotatable bonds is 7. The Morgan fingerprint density at radius 1 is 1.55 bits per heavy atom. The van der Waals surface area contributed by atoms with Crippen LogP contribution in [0.4, 0.5) is 0 Å². The van der Waals surface area contributed by atoms with E-state index in [1.165, 1.54) is 0 Å². The predicted octanol–water partition coefficient (Wildman–Crippen LogP) is 1.37. The van der Waals surface area contributed by atoms with Crippen molar-refractivity contribution in [2.24, 2.45) is 0 Å². The van der Waals surface area contributed by atoms with E-state index in [9.17, 15) is 5.11 Å². The van der Waals surface area contributed by atoms with Crippen molar-refractivity contribution in [3.05, 3.63) is 12.7 Å². The van der Waals surface area contributed by atoms with E-state index in [2.05, 4.69) is 6.58 Å². The molecule has 11 heavy (non-hydrogen) atoms. The molecule has 1 atom stereocenters. The van der Waals surface area contributed by atoms with E-state index in [-0.39, 0.29) is 12.9 Å². The monoisotopic (exact) mass is 159 g/mol. The maximum atomic E-state index is 10.2. The van der Waals surface area contributed by atoms with Crippen molar-refractivity contribution in [3.8, 4) is 0 Å². The summed E-state index contributed by atoms with van der Waals surface area (Å²) in [5.74, 6) is 0. The van der Waals surface area contributed by atoms with Crippen molar-refractivity contribution in [3.63, 3.8) is 0 Å². The van der Waals surface area contributed by atoms with Crippen LogP contribution in [0.1, 0.15) is 13.3 Å². The largest absolute Gasteiger partial charge is 0.353 e. The molecule has 0 aromatic heterocycles. The topological polar surface area (TPSA) is 38.4 Å². The number of hydrogen-bond acceptors (Lipinski definition) is 2. The fourth-order valence-electron chi connectivity index (χ4n) is 0.672. The average Bonchev–Trinajstić information content (AvgIpc) is 2.01. The quantitative estimate of drug-likeness (QED) is 0.415. The first-order chi connectivity index (χ1) is 5.35. The van der Waals surface area contributed by atoms with E-state index in [0.717, 1.165) is 0 Å². The molecule has 0 fully saturated rings. The molecule has 1 radical (unpaired) electrons. The van der Waals surface area contributed by atoms with Gasteiger partial charge in [-0.3, -0.25) is 0 Å². The normalized spacial score (nSPS) is 12.9. The molecule has 0 aromatic carbocycles. The van der Waals surface area contributed by atoms with Crippen LogP contribution in [-0.4, -0.2) is 26.1 Å². The Balaban J connectivity index is 3.41. The summed E-state index contributed by atoms with van der Waals surface area (Å²) in [5, 5.41) is 10.2. The summed E-state index contributed by atoms with van der Waals surface area (Å²) in [6.07, 6.45) is 1.69. The highest BCUT2D eigenvalue weighted by Gasteiger charge is 2.05. The van der Waals surface area contributed by atoms with Crippen molar-refractivity contribution < 1.29 is 14.6 Å². The standard InChI is InChI=1S/C8H15O3/c1-3-7-11-8(5-6-9)10-4-2/h3,8H,1,4-7H2,2H3. The highest BCUT2D eigenvalue weighted by atomic mass is 16.7. The lowest BCUT2D eigenvalue weighted by molar-refractivity contribution is -0.142. The zero-order valence-electron chi connectivity index (χ0n) is 6.91. The third-order valence-electron chi connectivity index (χ3n) is 1.11. The molecule has 0 saturated carbocycles. The molecule has 0 N–H and O–H groups in total. The summed E-state index contributed by atoms with van der Waals surface area (Å²) in [7, 11) is 0. The molecular formula is C8H15O3. The van der Waals surface area contributed by atoms with Gasteiger partial charge in [0.2, 0.25) is 0 Å².